The van der Waals surface area contributed by atoms with Crippen LogP contribution < -0.4 is 5.32 Å². The number of hydrogen-bond acceptors (Lipinski definition) is 4. The Labute approximate surface area is 177 Å². The highest BCUT2D eigenvalue weighted by molar-refractivity contribution is 5.88. The Morgan fingerprint density at radius 1 is 1.07 bits per heavy atom. The molecule has 0 aliphatic rings. The molecule has 0 radical (unpaired) electrons. The highest BCUT2D eigenvalue weighted by atomic mass is 16.6. The van der Waals surface area contributed by atoms with Gasteiger partial charge in [-0.25, -0.2) is 0 Å². The van der Waals surface area contributed by atoms with Gasteiger partial charge in [0, 0.05) is 23.7 Å². The zero-order valence-corrected chi connectivity index (χ0v) is 17.9. The Morgan fingerprint density at radius 2 is 1.67 bits per heavy atom. The van der Waals surface area contributed by atoms with E-state index in [4.69, 9.17) is 0 Å². The predicted octanol–water partition coefficient (Wildman–Crippen LogP) is 3.51. The van der Waals surface area contributed by atoms with Crippen molar-refractivity contribution >= 4 is 17.5 Å². The number of nitro benzene ring substituents is 1. The van der Waals surface area contributed by atoms with E-state index in [1.165, 1.54) is 11.0 Å². The van der Waals surface area contributed by atoms with E-state index in [1.54, 1.807) is 25.1 Å². The largest absolute Gasteiger partial charge is 0.350 e. The van der Waals surface area contributed by atoms with Crippen LogP contribution in [0.15, 0.2) is 54.6 Å². The summed E-state index contributed by atoms with van der Waals surface area (Å²) in [6.07, 6.45) is 0.440. The van der Waals surface area contributed by atoms with E-state index in [-0.39, 0.29) is 23.9 Å². The van der Waals surface area contributed by atoms with Gasteiger partial charge in [0.2, 0.25) is 11.8 Å². The normalized spacial score (nSPS) is 12.1. The molecule has 0 aromatic heterocycles. The van der Waals surface area contributed by atoms with Gasteiger partial charge in [0.25, 0.3) is 5.69 Å². The second-order valence-electron chi connectivity index (χ2n) is 8.30. The van der Waals surface area contributed by atoms with E-state index < -0.39 is 16.5 Å². The molecule has 1 atom stereocenters. The summed E-state index contributed by atoms with van der Waals surface area (Å²) in [5, 5.41) is 14.2. The molecule has 2 rings (SSSR count). The van der Waals surface area contributed by atoms with E-state index in [9.17, 15) is 19.7 Å². The third-order valence-corrected chi connectivity index (χ3v) is 4.68. The van der Waals surface area contributed by atoms with Crippen LogP contribution in [-0.4, -0.2) is 39.8 Å². The molecule has 30 heavy (non-hydrogen) atoms. The summed E-state index contributed by atoms with van der Waals surface area (Å²) >= 11 is 0. The molecule has 0 aliphatic heterocycles. The summed E-state index contributed by atoms with van der Waals surface area (Å²) in [4.78, 5) is 38.2. The van der Waals surface area contributed by atoms with Gasteiger partial charge in [-0.3, -0.25) is 19.7 Å². The first-order chi connectivity index (χ1) is 14.1. The van der Waals surface area contributed by atoms with Crippen LogP contribution in [0, 0.1) is 10.1 Å². The van der Waals surface area contributed by atoms with E-state index >= 15 is 0 Å². The van der Waals surface area contributed by atoms with E-state index in [0.29, 0.717) is 18.5 Å². The van der Waals surface area contributed by atoms with Crippen molar-refractivity contribution in [1.29, 1.82) is 0 Å². The molecule has 7 heteroatoms. The van der Waals surface area contributed by atoms with Crippen molar-refractivity contribution in [3.05, 3.63) is 75.8 Å². The molecule has 0 fully saturated rings. The molecule has 0 heterocycles. The van der Waals surface area contributed by atoms with Crippen molar-refractivity contribution in [2.45, 2.75) is 52.1 Å². The van der Waals surface area contributed by atoms with Gasteiger partial charge in [-0.2, -0.15) is 0 Å². The van der Waals surface area contributed by atoms with Crippen LogP contribution in [0.3, 0.4) is 0 Å². The first-order valence-corrected chi connectivity index (χ1v) is 9.96. The maximum Gasteiger partial charge on any atom is 0.273 e. The third-order valence-electron chi connectivity index (χ3n) is 4.68. The fraction of sp³-hybridized carbons (Fsp3) is 0.391. The third kappa shape index (κ3) is 6.69. The van der Waals surface area contributed by atoms with E-state index in [0.717, 1.165) is 5.56 Å². The van der Waals surface area contributed by atoms with Gasteiger partial charge in [0.15, 0.2) is 0 Å². The summed E-state index contributed by atoms with van der Waals surface area (Å²) in [6.45, 7) is 7.65. The summed E-state index contributed by atoms with van der Waals surface area (Å²) in [5.41, 5.74) is 0.850. The molecule has 0 aliphatic carbocycles. The molecule has 160 valence electrons. The maximum absolute atomic E-state index is 13.1. The van der Waals surface area contributed by atoms with Crippen molar-refractivity contribution in [3.8, 4) is 0 Å². The molecule has 2 amide bonds. The van der Waals surface area contributed by atoms with Gasteiger partial charge in [0.05, 0.1) is 11.3 Å². The summed E-state index contributed by atoms with van der Waals surface area (Å²) < 4.78 is 0. The monoisotopic (exact) mass is 411 g/mol. The Kier molecular flexibility index (Phi) is 7.69. The van der Waals surface area contributed by atoms with Gasteiger partial charge in [-0.05, 0) is 39.7 Å². The molecule has 2 aromatic rings. The zero-order valence-electron chi connectivity index (χ0n) is 17.9. The lowest BCUT2D eigenvalue weighted by Gasteiger charge is -2.31. The minimum atomic E-state index is -0.705. The quantitative estimate of drug-likeness (QED) is 0.531. The number of benzene rings is 2. The molecule has 7 nitrogen and oxygen atoms in total. The van der Waals surface area contributed by atoms with E-state index in [2.05, 4.69) is 5.32 Å². The molecular weight excluding hydrogens is 382 g/mol. The number of nitro groups is 1. The SMILES string of the molecule is CC(C(=O)NC(C)(C)C)N(CCc1ccccc1)C(=O)Cc1ccccc1[N+](=O)[O-]. The van der Waals surface area contributed by atoms with Gasteiger partial charge in [-0.15, -0.1) is 0 Å². The smallest absolute Gasteiger partial charge is 0.273 e. The molecule has 0 bridgehead atoms. The second kappa shape index (κ2) is 10.0. The molecule has 0 saturated heterocycles. The molecule has 1 unspecified atom stereocenters. The highest BCUT2D eigenvalue weighted by Crippen LogP contribution is 2.20. The minimum absolute atomic E-state index is 0.0966. The average molecular weight is 412 g/mol. The fourth-order valence-corrected chi connectivity index (χ4v) is 3.15. The van der Waals surface area contributed by atoms with Gasteiger partial charge in [0.1, 0.15) is 6.04 Å². The number of amides is 2. The van der Waals surface area contributed by atoms with Crippen LogP contribution in [0.2, 0.25) is 0 Å². The summed E-state index contributed by atoms with van der Waals surface area (Å²) in [5.74, 6) is -0.580. The standard InChI is InChI=1S/C23H29N3O4/c1-17(22(28)24-23(2,3)4)25(15-14-18-10-6-5-7-11-18)21(27)16-19-12-8-9-13-20(19)26(29)30/h5-13,17H,14-16H2,1-4H3,(H,24,28). The number of carbonyl (C=O) groups is 2. The number of para-hydroxylation sites is 1. The predicted molar refractivity (Wildman–Crippen MR) is 116 cm³/mol. The van der Waals surface area contributed by atoms with Gasteiger partial charge >= 0.3 is 0 Å². The molecule has 2 aromatic carbocycles. The lowest BCUT2D eigenvalue weighted by atomic mass is 10.1. The number of nitrogens with one attached hydrogen (secondary N) is 1. The van der Waals surface area contributed by atoms with Crippen molar-refractivity contribution in [3.63, 3.8) is 0 Å². The lowest BCUT2D eigenvalue weighted by molar-refractivity contribution is -0.385. The first-order valence-electron chi connectivity index (χ1n) is 9.96. The number of nitrogens with zero attached hydrogens (tertiary/aromatic N) is 2. The zero-order chi connectivity index (χ0) is 22.3. The first kappa shape index (κ1) is 23.1. The average Bonchev–Trinajstić information content (AvgIpc) is 2.67. The van der Waals surface area contributed by atoms with Crippen molar-refractivity contribution in [1.82, 2.24) is 10.2 Å². The molecule has 0 saturated carbocycles. The van der Waals surface area contributed by atoms with Crippen molar-refractivity contribution < 1.29 is 14.5 Å². The van der Waals surface area contributed by atoms with Crippen LogP contribution in [-0.2, 0) is 22.4 Å². The minimum Gasteiger partial charge on any atom is -0.350 e. The maximum atomic E-state index is 13.1. The van der Waals surface area contributed by atoms with Crippen LogP contribution >= 0.6 is 0 Å². The van der Waals surface area contributed by atoms with Crippen LogP contribution in [0.25, 0.3) is 0 Å². The highest BCUT2D eigenvalue weighted by Gasteiger charge is 2.29. The van der Waals surface area contributed by atoms with Gasteiger partial charge < -0.3 is 10.2 Å². The number of hydrogen-bond donors (Lipinski definition) is 1. The van der Waals surface area contributed by atoms with Crippen molar-refractivity contribution in [2.24, 2.45) is 0 Å². The second-order valence-corrected chi connectivity index (χ2v) is 8.30. The summed E-state index contributed by atoms with van der Waals surface area (Å²) in [7, 11) is 0. The Balaban J connectivity index is 2.24. The Bertz CT molecular complexity index is 891. The fourth-order valence-electron chi connectivity index (χ4n) is 3.15. The van der Waals surface area contributed by atoms with Crippen LogP contribution in [0.5, 0.6) is 0 Å². The Hall–Kier alpha value is -3.22. The Morgan fingerprint density at radius 3 is 2.27 bits per heavy atom. The molecular formula is C23H29N3O4. The topological polar surface area (TPSA) is 92.6 Å². The van der Waals surface area contributed by atoms with E-state index in [1.807, 2.05) is 51.1 Å². The van der Waals surface area contributed by atoms with Crippen LogP contribution in [0.1, 0.15) is 38.8 Å². The summed E-state index contributed by atoms with van der Waals surface area (Å²) in [6, 6.07) is 15.2. The van der Waals surface area contributed by atoms with Gasteiger partial charge in [-0.1, -0.05) is 48.5 Å². The number of carbonyl (C=O) groups excluding carboxylic acids is 2. The molecule has 0 spiro atoms. The molecule has 1 N–H and O–H groups in total. The van der Waals surface area contributed by atoms with Crippen molar-refractivity contribution in [2.75, 3.05) is 6.54 Å². The number of rotatable bonds is 8. The lowest BCUT2D eigenvalue weighted by Crippen LogP contribution is -2.53. The van der Waals surface area contributed by atoms with Crippen LogP contribution in [0.4, 0.5) is 5.69 Å².